The van der Waals surface area contributed by atoms with E-state index in [1.165, 1.54) is 12.0 Å². The molecule has 4 aliphatic rings. The Bertz CT molecular complexity index is 1890. The van der Waals surface area contributed by atoms with Crippen LogP contribution in [0.1, 0.15) is 132 Å². The number of cyclic esters (lactones) is 1. The van der Waals surface area contributed by atoms with E-state index in [1.807, 2.05) is 58.1 Å². The van der Waals surface area contributed by atoms with Gasteiger partial charge in [-0.25, -0.2) is 4.79 Å². The summed E-state index contributed by atoms with van der Waals surface area (Å²) >= 11 is 2.34. The Labute approximate surface area is 443 Å². The Balaban J connectivity index is 1.71. The first-order valence-corrected chi connectivity index (χ1v) is 28.1. The van der Waals surface area contributed by atoms with Crippen LogP contribution < -0.4 is 0 Å². The van der Waals surface area contributed by atoms with Gasteiger partial charge in [-0.3, -0.25) is 19.2 Å². The minimum Gasteiger partial charge on any atom is -0.460 e. The van der Waals surface area contributed by atoms with Crippen LogP contribution in [0, 0.1) is 35.5 Å². The van der Waals surface area contributed by atoms with E-state index in [2.05, 4.69) is 22.6 Å². The molecule has 15 nitrogen and oxygen atoms in total. The molecule has 15 atom stereocenters. The zero-order valence-electron chi connectivity index (χ0n) is 44.9. The van der Waals surface area contributed by atoms with Crippen molar-refractivity contribution in [1.82, 2.24) is 4.90 Å². The SMILES string of the molecule is COCCO[C@@H]1C[C@@H]2CC[C@@H](C)[C@@](O)(O2)C(=O)C(=O)N2CCCC[C@H]2C(=O)O[C@H](C(C)C[C@@H]2CC[C@@H](OCCCI)[C@H](OC)C2)CC(=O)[C@H](C)/C=C(\C)[C@@H](O)[C@@H](OC)C(=O)[C@H](C)C[C@H](C)/C=C/C=CC=C1C. The van der Waals surface area contributed by atoms with Crippen molar-refractivity contribution in [3.05, 3.63) is 47.6 Å². The molecule has 0 spiro atoms. The van der Waals surface area contributed by atoms with Gasteiger partial charge in [0.05, 0.1) is 37.6 Å². The summed E-state index contributed by atoms with van der Waals surface area (Å²) in [5, 5.41) is 23.6. The lowest BCUT2D eigenvalue weighted by molar-refractivity contribution is -0.266. The Kier molecular flexibility index (Phi) is 26.4. The number of ketones is 3. The van der Waals surface area contributed by atoms with Gasteiger partial charge >= 0.3 is 5.97 Å². The summed E-state index contributed by atoms with van der Waals surface area (Å²) in [6.45, 7) is 14.2. The minimum atomic E-state index is -2.45. The van der Waals surface area contributed by atoms with Crippen molar-refractivity contribution in [3.8, 4) is 0 Å². The number of aliphatic hydroxyl groups is 2. The molecule has 1 saturated carbocycles. The van der Waals surface area contributed by atoms with Gasteiger partial charge in [0, 0.05) is 69.5 Å². The van der Waals surface area contributed by atoms with Crippen LogP contribution >= 0.6 is 22.6 Å². The fourth-order valence-corrected chi connectivity index (χ4v) is 11.1. The fraction of sp³-hybridized carbons (Fsp3) is 0.768. The molecule has 3 fully saturated rings. The molecule has 0 radical (unpaired) electrons. The zero-order chi connectivity index (χ0) is 53.1. The lowest BCUT2D eigenvalue weighted by atomic mass is 9.78. The van der Waals surface area contributed by atoms with Gasteiger partial charge in [-0.15, -0.1) is 0 Å². The van der Waals surface area contributed by atoms with E-state index in [1.54, 1.807) is 41.1 Å². The van der Waals surface area contributed by atoms with Crippen molar-refractivity contribution < 1.29 is 67.3 Å². The van der Waals surface area contributed by atoms with Crippen molar-refractivity contribution in [3.63, 3.8) is 0 Å². The van der Waals surface area contributed by atoms with Gasteiger partial charge in [0.1, 0.15) is 30.1 Å². The van der Waals surface area contributed by atoms with E-state index in [4.69, 9.17) is 33.2 Å². The van der Waals surface area contributed by atoms with Gasteiger partial charge in [0.25, 0.3) is 11.7 Å². The number of amides is 1. The molecule has 2 saturated heterocycles. The van der Waals surface area contributed by atoms with Gasteiger partial charge in [0.15, 0.2) is 5.78 Å². The predicted molar refractivity (Wildman–Crippen MR) is 283 cm³/mol. The molecule has 2 N–H and O–H groups in total. The molecular weight excluding hydrogens is 1040 g/mol. The average Bonchev–Trinajstić information content (AvgIpc) is 3.36. The van der Waals surface area contributed by atoms with Crippen molar-refractivity contribution in [2.24, 2.45) is 35.5 Å². The molecule has 1 amide bonds. The summed E-state index contributed by atoms with van der Waals surface area (Å²) in [5.41, 5.74) is 1.26. The number of aliphatic hydroxyl groups excluding tert-OH is 1. The van der Waals surface area contributed by atoms with E-state index in [0.29, 0.717) is 57.3 Å². The number of methoxy groups -OCH3 is 3. The minimum absolute atomic E-state index is 0.00824. The lowest BCUT2D eigenvalue weighted by Gasteiger charge is -2.43. The van der Waals surface area contributed by atoms with E-state index in [-0.39, 0.29) is 73.9 Å². The largest absolute Gasteiger partial charge is 0.460 e. The predicted octanol–water partition coefficient (Wildman–Crippen LogP) is 8.05. The van der Waals surface area contributed by atoms with E-state index in [9.17, 15) is 34.2 Å². The summed E-state index contributed by atoms with van der Waals surface area (Å²) in [5.74, 6) is -7.85. The smallest absolute Gasteiger partial charge is 0.329 e. The number of alkyl halides is 1. The molecule has 0 aromatic carbocycles. The topological polar surface area (TPSA) is 194 Å². The van der Waals surface area contributed by atoms with E-state index < -0.39 is 77.8 Å². The van der Waals surface area contributed by atoms with Gasteiger partial charge in [-0.2, -0.15) is 0 Å². The summed E-state index contributed by atoms with van der Waals surface area (Å²) < 4.78 is 42.9. The lowest BCUT2D eigenvalue weighted by Crippen LogP contribution is -2.61. The molecule has 1 unspecified atom stereocenters. The van der Waals surface area contributed by atoms with Gasteiger partial charge in [-0.05, 0) is 113 Å². The van der Waals surface area contributed by atoms with Crippen molar-refractivity contribution >= 4 is 51.8 Å². The van der Waals surface area contributed by atoms with Crippen LogP contribution in [0.2, 0.25) is 0 Å². The number of nitrogens with zero attached hydrogens (tertiary/aromatic N) is 1. The molecule has 4 rings (SSSR count). The Hall–Kier alpha value is -2.68. The number of hydrogen-bond acceptors (Lipinski definition) is 14. The maximum Gasteiger partial charge on any atom is 0.329 e. The number of carbonyl (C=O) groups excluding carboxylic acids is 5. The normalized spacial score (nSPS) is 36.5. The summed E-state index contributed by atoms with van der Waals surface area (Å²) in [7, 11) is 4.67. The number of halogens is 1. The van der Waals surface area contributed by atoms with Crippen LogP contribution in [-0.2, 0) is 57.1 Å². The summed E-state index contributed by atoms with van der Waals surface area (Å²) in [6, 6.07) is -1.14. The summed E-state index contributed by atoms with van der Waals surface area (Å²) in [4.78, 5) is 72.7. The molecular formula is C56H88INO14. The van der Waals surface area contributed by atoms with Crippen molar-refractivity contribution in [2.75, 3.05) is 52.1 Å². The number of esters is 1. The maximum absolute atomic E-state index is 14.6. The molecule has 408 valence electrons. The second-order valence-corrected chi connectivity index (χ2v) is 22.2. The number of Topliss-reactive ketones (excluding diaryl/α,β-unsaturated/α-hetero) is 3. The molecule has 2 bridgehead atoms. The number of hydrogen-bond donors (Lipinski definition) is 2. The average molecular weight is 1130 g/mol. The first-order valence-electron chi connectivity index (χ1n) is 26.5. The third-order valence-corrected chi connectivity index (χ3v) is 16.1. The van der Waals surface area contributed by atoms with Crippen LogP contribution in [0.5, 0.6) is 0 Å². The second-order valence-electron chi connectivity index (χ2n) is 21.1. The van der Waals surface area contributed by atoms with Crippen molar-refractivity contribution in [2.45, 2.75) is 186 Å². The number of carbonyl (C=O) groups is 5. The highest BCUT2D eigenvalue weighted by Crippen LogP contribution is 2.38. The van der Waals surface area contributed by atoms with Crippen molar-refractivity contribution in [1.29, 1.82) is 0 Å². The molecule has 3 heterocycles. The van der Waals surface area contributed by atoms with Crippen LogP contribution in [0.4, 0.5) is 0 Å². The summed E-state index contributed by atoms with van der Waals surface area (Å²) in [6.07, 6.45) is 13.5. The molecule has 0 aromatic heterocycles. The number of piperidine rings is 1. The number of rotatable bonds is 13. The quantitative estimate of drug-likeness (QED) is 0.0449. The standard InChI is InChI=1S/C56H88INO14/c1-35-17-12-11-13-18-36(2)47(70-28-27-66-8)33-43-22-20-41(7)56(65,72-43)53(62)54(63)58-25-15-14-19-44(58)55(64)71-48(38(4)31-42-21-23-46(49(32-42)67-9)69-26-16-24-57)34-45(59)37(3)30-40(6)51(61)52(68-10)50(60)39(5)29-35/h11-13,17-18,30,35,37-39,41-44,46-49,51-52,61,65H,14-16,19-29,31-34H2,1-10H3/b13-11?,17-12+,36-18?,40-30+/t35-,37-,38?,39-,41-,42+,43+,44+,46-,47-,48+,49-,51-,52+,56-/m1/s1. The van der Waals surface area contributed by atoms with Gasteiger partial charge in [0.2, 0.25) is 5.79 Å². The number of allylic oxidation sites excluding steroid dienone is 6. The Morgan fingerprint density at radius 3 is 2.29 bits per heavy atom. The first-order chi connectivity index (χ1) is 34.3. The Morgan fingerprint density at radius 1 is 0.847 bits per heavy atom. The third kappa shape index (κ3) is 17.7. The molecule has 16 heteroatoms. The first kappa shape index (κ1) is 61.9. The number of fused-ring (bicyclic) bond motifs is 3. The highest BCUT2D eigenvalue weighted by molar-refractivity contribution is 14.1. The van der Waals surface area contributed by atoms with Crippen LogP contribution in [0.25, 0.3) is 0 Å². The highest BCUT2D eigenvalue weighted by atomic mass is 127. The van der Waals surface area contributed by atoms with E-state index in [0.717, 1.165) is 35.7 Å². The molecule has 72 heavy (non-hydrogen) atoms. The Morgan fingerprint density at radius 2 is 1.60 bits per heavy atom. The van der Waals surface area contributed by atoms with E-state index >= 15 is 0 Å². The van der Waals surface area contributed by atoms with Crippen LogP contribution in [0.15, 0.2) is 47.6 Å². The monoisotopic (exact) mass is 1130 g/mol. The van der Waals surface area contributed by atoms with Gasteiger partial charge < -0.3 is 48.3 Å². The highest BCUT2D eigenvalue weighted by Gasteiger charge is 2.53. The molecule has 3 aliphatic heterocycles. The zero-order valence-corrected chi connectivity index (χ0v) is 47.1. The third-order valence-electron chi connectivity index (χ3n) is 15.4. The fourth-order valence-electron chi connectivity index (χ4n) is 10.8. The second kappa shape index (κ2) is 30.8. The number of ether oxygens (including phenoxy) is 7. The molecule has 0 aromatic rings. The molecule has 1 aliphatic carbocycles. The van der Waals surface area contributed by atoms with Gasteiger partial charge in [-0.1, -0.05) is 93.7 Å². The maximum atomic E-state index is 14.6. The van der Waals surface area contributed by atoms with Crippen LogP contribution in [0.3, 0.4) is 0 Å². The van der Waals surface area contributed by atoms with Crippen LogP contribution in [-0.4, -0.2) is 151 Å².